The maximum absolute atomic E-state index is 14.9. The Kier molecular flexibility index (Phi) is 10.9. The summed E-state index contributed by atoms with van der Waals surface area (Å²) in [5.41, 5.74) is 1.72. The van der Waals surface area contributed by atoms with Gasteiger partial charge in [0.25, 0.3) is 0 Å². The largest absolute Gasteiger partial charge is 0.394 e. The second-order valence-corrected chi connectivity index (χ2v) is 15.0. The van der Waals surface area contributed by atoms with E-state index < -0.39 is 28.7 Å². The third-order valence-electron chi connectivity index (χ3n) is 9.50. The number of benzene rings is 2. The molecule has 1 spiro atoms. The van der Waals surface area contributed by atoms with Crippen molar-refractivity contribution in [1.29, 1.82) is 0 Å². The third-order valence-corrected chi connectivity index (χ3v) is 12.7. The molecule has 3 heterocycles. The molecule has 0 aromatic heterocycles. The van der Waals surface area contributed by atoms with E-state index in [4.69, 9.17) is 0 Å². The highest BCUT2D eigenvalue weighted by atomic mass is 79.9. The molecule has 2 aromatic rings. The Bertz CT molecular complexity index is 1380. The van der Waals surface area contributed by atoms with E-state index in [-0.39, 0.29) is 34.4 Å². The predicted octanol–water partition coefficient (Wildman–Crippen LogP) is 5.48. The predicted molar refractivity (Wildman–Crippen MR) is 185 cm³/mol. The van der Waals surface area contributed by atoms with Gasteiger partial charge in [-0.2, -0.15) is 0 Å². The van der Waals surface area contributed by atoms with E-state index in [1.165, 1.54) is 0 Å². The van der Waals surface area contributed by atoms with Crippen molar-refractivity contribution in [3.63, 3.8) is 0 Å². The standard InChI is InChI=1S/C36H44BrN3O4S/c1-4-7-14-21-38(19-5-2)35(44)32-36-23-28(37)31(45-36)29(33(42)39(20-6-3)26-17-12-9-13-18-26)30(36)34(43)40(32)27(24-41)22-25-15-10-8-11-16-25/h5-6,8-13,15-18,27-32,41H,2-4,7,14,19-24H2,1H3/t27-,28?,29-,30+,31-,32?,36?/m1/s1. The SMILES string of the molecule is C=CCN(CCCCC)C(=O)C1N([C@@H](CO)Cc2ccccc2)C(=O)[C@@H]2[C@@H](C(=O)N(CC=C)c3ccccc3)[C@@H]3SC12CC3Br. The molecule has 45 heavy (non-hydrogen) atoms. The number of anilines is 1. The van der Waals surface area contributed by atoms with Gasteiger partial charge in [0, 0.05) is 35.4 Å². The van der Waals surface area contributed by atoms with Crippen LogP contribution in [0.15, 0.2) is 86.0 Å². The van der Waals surface area contributed by atoms with Crippen molar-refractivity contribution in [2.75, 3.05) is 31.1 Å². The molecule has 1 N–H and O–H groups in total. The van der Waals surface area contributed by atoms with Gasteiger partial charge in [-0.05, 0) is 37.0 Å². The zero-order chi connectivity index (χ0) is 32.1. The summed E-state index contributed by atoms with van der Waals surface area (Å²) in [5.74, 6) is -1.80. The van der Waals surface area contributed by atoms with Gasteiger partial charge >= 0.3 is 0 Å². The molecule has 240 valence electrons. The van der Waals surface area contributed by atoms with Crippen molar-refractivity contribution in [3.05, 3.63) is 91.5 Å². The van der Waals surface area contributed by atoms with Crippen LogP contribution in [0.25, 0.3) is 0 Å². The summed E-state index contributed by atoms with van der Waals surface area (Å²) in [5, 5.41) is 10.6. The number of aliphatic hydroxyl groups is 1. The minimum Gasteiger partial charge on any atom is -0.394 e. The summed E-state index contributed by atoms with van der Waals surface area (Å²) in [7, 11) is 0. The Morgan fingerprint density at radius 2 is 1.73 bits per heavy atom. The van der Waals surface area contributed by atoms with E-state index in [0.717, 1.165) is 30.5 Å². The topological polar surface area (TPSA) is 81.2 Å². The molecule has 2 aromatic carbocycles. The molecular formula is C36H44BrN3O4S. The summed E-state index contributed by atoms with van der Waals surface area (Å²) < 4.78 is -0.807. The van der Waals surface area contributed by atoms with Crippen LogP contribution in [0, 0.1) is 11.8 Å². The lowest BCUT2D eigenvalue weighted by molar-refractivity contribution is -0.145. The number of rotatable bonds is 15. The number of amides is 3. The highest BCUT2D eigenvalue weighted by Crippen LogP contribution is 2.68. The maximum Gasteiger partial charge on any atom is 0.247 e. The second-order valence-electron chi connectivity index (χ2n) is 12.3. The molecule has 3 fully saturated rings. The Labute approximate surface area is 279 Å². The number of nitrogens with zero attached hydrogens (tertiary/aromatic N) is 3. The van der Waals surface area contributed by atoms with Crippen molar-refractivity contribution in [2.45, 2.75) is 65.9 Å². The molecule has 3 aliphatic heterocycles. The minimum absolute atomic E-state index is 0.0493. The third kappa shape index (κ3) is 6.28. The highest BCUT2D eigenvalue weighted by molar-refractivity contribution is 9.09. The molecule has 9 heteroatoms. The molecular weight excluding hydrogens is 650 g/mol. The summed E-state index contributed by atoms with van der Waals surface area (Å²) in [6.45, 7) is 10.9. The van der Waals surface area contributed by atoms with E-state index in [1.54, 1.807) is 33.7 Å². The number of carbonyl (C=O) groups excluding carboxylic acids is 3. The van der Waals surface area contributed by atoms with Crippen LogP contribution in [0.3, 0.4) is 0 Å². The molecule has 0 saturated carbocycles. The number of hydrogen-bond donors (Lipinski definition) is 1. The van der Waals surface area contributed by atoms with Crippen LogP contribution in [0.4, 0.5) is 5.69 Å². The van der Waals surface area contributed by atoms with Crippen molar-refractivity contribution in [3.8, 4) is 0 Å². The molecule has 3 amide bonds. The van der Waals surface area contributed by atoms with Crippen molar-refractivity contribution >= 4 is 51.1 Å². The van der Waals surface area contributed by atoms with Gasteiger partial charge in [0.2, 0.25) is 17.7 Å². The quantitative estimate of drug-likeness (QED) is 0.152. The number of unbranched alkanes of at least 4 members (excludes halogenated alkanes) is 2. The molecule has 5 rings (SSSR count). The van der Waals surface area contributed by atoms with Crippen LogP contribution < -0.4 is 4.90 Å². The maximum atomic E-state index is 14.9. The van der Waals surface area contributed by atoms with Gasteiger partial charge in [0.15, 0.2) is 0 Å². The van der Waals surface area contributed by atoms with Crippen LogP contribution >= 0.6 is 27.7 Å². The van der Waals surface area contributed by atoms with Gasteiger partial charge in [-0.1, -0.05) is 96.4 Å². The lowest BCUT2D eigenvalue weighted by Gasteiger charge is -2.40. The smallest absolute Gasteiger partial charge is 0.247 e. The number of alkyl halides is 1. The molecule has 7 atom stereocenters. The molecule has 0 aliphatic carbocycles. The van der Waals surface area contributed by atoms with E-state index in [2.05, 4.69) is 36.0 Å². The first-order chi connectivity index (χ1) is 21.8. The molecule has 2 bridgehead atoms. The van der Waals surface area contributed by atoms with Gasteiger partial charge in [-0.15, -0.1) is 24.9 Å². The van der Waals surface area contributed by atoms with Gasteiger partial charge in [-0.3, -0.25) is 14.4 Å². The fraction of sp³-hybridized carbons (Fsp3) is 0.472. The number of likely N-dealkylation sites (tertiary alicyclic amines) is 1. The van der Waals surface area contributed by atoms with Crippen LogP contribution in [-0.4, -0.2) is 85.8 Å². The number of para-hydroxylation sites is 1. The average molecular weight is 695 g/mol. The zero-order valence-corrected chi connectivity index (χ0v) is 28.4. The Morgan fingerprint density at radius 3 is 2.36 bits per heavy atom. The fourth-order valence-electron chi connectivity index (χ4n) is 7.57. The highest BCUT2D eigenvalue weighted by Gasteiger charge is 2.76. The lowest BCUT2D eigenvalue weighted by atomic mass is 9.70. The number of fused-ring (bicyclic) bond motifs is 1. The Morgan fingerprint density at radius 1 is 1.07 bits per heavy atom. The van der Waals surface area contributed by atoms with Crippen LogP contribution in [0.2, 0.25) is 0 Å². The van der Waals surface area contributed by atoms with E-state index in [0.29, 0.717) is 32.5 Å². The van der Waals surface area contributed by atoms with Gasteiger partial charge in [0.1, 0.15) is 6.04 Å². The minimum atomic E-state index is -0.810. The zero-order valence-electron chi connectivity index (χ0n) is 26.0. The first-order valence-electron chi connectivity index (χ1n) is 16.0. The molecule has 7 nitrogen and oxygen atoms in total. The van der Waals surface area contributed by atoms with Crippen LogP contribution in [0.1, 0.15) is 38.2 Å². The lowest BCUT2D eigenvalue weighted by Crippen LogP contribution is -2.58. The molecule has 3 aliphatic rings. The average Bonchev–Trinajstić information content (AvgIpc) is 3.65. The Hall–Kier alpha value is -2.88. The van der Waals surface area contributed by atoms with Crippen molar-refractivity contribution in [1.82, 2.24) is 9.80 Å². The molecule has 3 saturated heterocycles. The fourth-order valence-corrected chi connectivity index (χ4v) is 11.2. The van der Waals surface area contributed by atoms with Gasteiger partial charge < -0.3 is 19.8 Å². The van der Waals surface area contributed by atoms with Crippen LogP contribution in [0.5, 0.6) is 0 Å². The summed E-state index contributed by atoms with van der Waals surface area (Å²) in [6, 6.07) is 17.8. The van der Waals surface area contributed by atoms with E-state index in [1.807, 2.05) is 65.6 Å². The first-order valence-corrected chi connectivity index (χ1v) is 17.8. The monoisotopic (exact) mass is 693 g/mol. The molecule has 3 unspecified atom stereocenters. The van der Waals surface area contributed by atoms with E-state index >= 15 is 0 Å². The summed E-state index contributed by atoms with van der Waals surface area (Å²) in [6.07, 6.45) is 7.30. The summed E-state index contributed by atoms with van der Waals surface area (Å²) >= 11 is 5.52. The Balaban J connectivity index is 1.59. The van der Waals surface area contributed by atoms with Crippen LogP contribution in [-0.2, 0) is 20.8 Å². The van der Waals surface area contributed by atoms with E-state index in [9.17, 15) is 19.5 Å². The number of carbonyl (C=O) groups is 3. The van der Waals surface area contributed by atoms with Gasteiger partial charge in [-0.25, -0.2) is 0 Å². The molecule has 0 radical (unpaired) electrons. The summed E-state index contributed by atoms with van der Waals surface area (Å²) in [4.78, 5) is 49.4. The number of halogens is 1. The number of thioether (sulfide) groups is 1. The number of aliphatic hydroxyl groups excluding tert-OH is 1. The normalized spacial score (nSPS) is 27.2. The van der Waals surface area contributed by atoms with Crippen molar-refractivity contribution in [2.24, 2.45) is 11.8 Å². The first kappa shape index (κ1) is 33.5. The van der Waals surface area contributed by atoms with Gasteiger partial charge in [0.05, 0.1) is 29.2 Å². The van der Waals surface area contributed by atoms with Crippen molar-refractivity contribution < 1.29 is 19.5 Å². The second kappa shape index (κ2) is 14.7. The number of hydrogen-bond acceptors (Lipinski definition) is 5.